The van der Waals surface area contributed by atoms with Crippen molar-refractivity contribution in [3.05, 3.63) is 59.7 Å². The molecule has 1 aliphatic carbocycles. The zero-order chi connectivity index (χ0) is 11.7. The molecule has 2 aromatic rings. The molecule has 3 N–H and O–H groups in total. The average Bonchev–Trinajstić information content (AvgIpc) is 2.33. The van der Waals surface area contributed by atoms with Crippen molar-refractivity contribution in [1.29, 1.82) is 0 Å². The molecule has 1 aliphatic rings. The van der Waals surface area contributed by atoms with Gasteiger partial charge in [0.15, 0.2) is 0 Å². The highest BCUT2D eigenvalue weighted by atomic mass is 14.9. The maximum absolute atomic E-state index is 5.66. The van der Waals surface area contributed by atoms with Crippen LogP contribution in [-0.4, -0.2) is 6.54 Å². The first-order chi connectivity index (χ1) is 8.33. The molecule has 3 rings (SSSR count). The molecule has 0 fully saturated rings. The van der Waals surface area contributed by atoms with Crippen molar-refractivity contribution in [2.45, 2.75) is 12.3 Å². The predicted molar refractivity (Wildman–Crippen MR) is 72.2 cm³/mol. The van der Waals surface area contributed by atoms with Gasteiger partial charge in [0.2, 0.25) is 0 Å². The number of nitrogens with two attached hydrogens (primary N) is 1. The van der Waals surface area contributed by atoms with Crippen LogP contribution in [0.3, 0.4) is 0 Å². The van der Waals surface area contributed by atoms with Gasteiger partial charge in [0, 0.05) is 23.8 Å². The van der Waals surface area contributed by atoms with Crippen LogP contribution in [0.2, 0.25) is 0 Å². The number of rotatable bonds is 3. The van der Waals surface area contributed by atoms with Gasteiger partial charge in [0.1, 0.15) is 0 Å². The monoisotopic (exact) mass is 224 g/mol. The van der Waals surface area contributed by atoms with Gasteiger partial charge in [-0.15, -0.1) is 0 Å². The minimum atomic E-state index is 0.656. The molecular weight excluding hydrogens is 208 g/mol. The van der Waals surface area contributed by atoms with Gasteiger partial charge in [-0.05, 0) is 41.8 Å². The van der Waals surface area contributed by atoms with Crippen LogP contribution < -0.4 is 11.1 Å². The lowest BCUT2D eigenvalue weighted by molar-refractivity contribution is 0.636. The van der Waals surface area contributed by atoms with E-state index >= 15 is 0 Å². The number of benzene rings is 2. The first-order valence-corrected chi connectivity index (χ1v) is 6.00. The fraction of sp³-hybridized carbons (Fsp3) is 0.200. The van der Waals surface area contributed by atoms with Crippen LogP contribution >= 0.6 is 0 Å². The summed E-state index contributed by atoms with van der Waals surface area (Å²) in [5.41, 5.74) is 10.6. The lowest BCUT2D eigenvalue weighted by Crippen LogP contribution is -2.24. The molecule has 0 aromatic heterocycles. The summed E-state index contributed by atoms with van der Waals surface area (Å²) in [5.74, 6) is 0.656. The minimum absolute atomic E-state index is 0.656. The van der Waals surface area contributed by atoms with Gasteiger partial charge in [-0.2, -0.15) is 0 Å². The summed E-state index contributed by atoms with van der Waals surface area (Å²) in [6.07, 6.45) is 1.19. The van der Waals surface area contributed by atoms with Crippen LogP contribution in [-0.2, 0) is 6.42 Å². The van der Waals surface area contributed by atoms with Gasteiger partial charge >= 0.3 is 0 Å². The quantitative estimate of drug-likeness (QED) is 0.786. The van der Waals surface area contributed by atoms with E-state index in [4.69, 9.17) is 5.73 Å². The molecule has 2 aromatic carbocycles. The maximum Gasteiger partial charge on any atom is 0.0341 e. The SMILES string of the molecule is Nc1ccc(NCC2Cc3ccccc32)cc1. The Morgan fingerprint density at radius 1 is 1.06 bits per heavy atom. The smallest absolute Gasteiger partial charge is 0.0341 e. The van der Waals surface area contributed by atoms with E-state index in [1.807, 2.05) is 24.3 Å². The lowest BCUT2D eigenvalue weighted by atomic mass is 9.77. The fourth-order valence-corrected chi connectivity index (χ4v) is 2.39. The second-order valence-electron chi connectivity index (χ2n) is 4.60. The van der Waals surface area contributed by atoms with Gasteiger partial charge in [0.25, 0.3) is 0 Å². The van der Waals surface area contributed by atoms with E-state index in [1.165, 1.54) is 17.5 Å². The number of hydrogen-bond acceptors (Lipinski definition) is 2. The molecule has 17 heavy (non-hydrogen) atoms. The van der Waals surface area contributed by atoms with Crippen molar-refractivity contribution < 1.29 is 0 Å². The van der Waals surface area contributed by atoms with E-state index in [0.29, 0.717) is 5.92 Å². The molecule has 0 saturated carbocycles. The van der Waals surface area contributed by atoms with E-state index in [9.17, 15) is 0 Å². The zero-order valence-electron chi connectivity index (χ0n) is 9.69. The minimum Gasteiger partial charge on any atom is -0.399 e. The zero-order valence-corrected chi connectivity index (χ0v) is 9.69. The summed E-state index contributed by atoms with van der Waals surface area (Å²) in [4.78, 5) is 0. The average molecular weight is 224 g/mol. The first-order valence-electron chi connectivity index (χ1n) is 6.00. The number of nitrogen functional groups attached to an aromatic ring is 1. The highest BCUT2D eigenvalue weighted by Gasteiger charge is 2.24. The summed E-state index contributed by atoms with van der Waals surface area (Å²) in [7, 11) is 0. The molecule has 1 atom stereocenters. The Kier molecular flexibility index (Phi) is 2.48. The molecule has 2 nitrogen and oxygen atoms in total. The first kappa shape index (κ1) is 10.2. The van der Waals surface area contributed by atoms with E-state index in [0.717, 1.165) is 17.9 Å². The normalized spacial score (nSPS) is 17.1. The largest absolute Gasteiger partial charge is 0.399 e. The molecular formula is C15H16N2. The van der Waals surface area contributed by atoms with Crippen LogP contribution in [0.25, 0.3) is 0 Å². The number of fused-ring (bicyclic) bond motifs is 1. The Balaban J connectivity index is 1.62. The van der Waals surface area contributed by atoms with E-state index < -0.39 is 0 Å². The highest BCUT2D eigenvalue weighted by molar-refractivity contribution is 5.52. The van der Waals surface area contributed by atoms with Crippen molar-refractivity contribution in [1.82, 2.24) is 0 Å². The molecule has 0 spiro atoms. The van der Waals surface area contributed by atoms with Crippen LogP contribution in [0.4, 0.5) is 11.4 Å². The fourth-order valence-electron chi connectivity index (χ4n) is 2.39. The third-order valence-electron chi connectivity index (χ3n) is 3.42. The third kappa shape index (κ3) is 1.98. The van der Waals surface area contributed by atoms with Crippen molar-refractivity contribution in [2.75, 3.05) is 17.6 Å². The molecule has 1 unspecified atom stereocenters. The number of nitrogens with one attached hydrogen (secondary N) is 1. The molecule has 86 valence electrons. The standard InChI is InChI=1S/C15H16N2/c16-13-5-7-14(8-6-13)17-10-12-9-11-3-1-2-4-15(11)12/h1-8,12,17H,9-10,16H2. The van der Waals surface area contributed by atoms with E-state index in [1.54, 1.807) is 0 Å². The van der Waals surface area contributed by atoms with Gasteiger partial charge in [0.05, 0.1) is 0 Å². The topological polar surface area (TPSA) is 38.0 Å². The summed E-state index contributed by atoms with van der Waals surface area (Å²) in [6.45, 7) is 1.00. The Morgan fingerprint density at radius 3 is 2.59 bits per heavy atom. The summed E-state index contributed by atoms with van der Waals surface area (Å²) >= 11 is 0. The molecule has 0 heterocycles. The molecule has 2 heteroatoms. The van der Waals surface area contributed by atoms with Crippen molar-refractivity contribution in [2.24, 2.45) is 0 Å². The van der Waals surface area contributed by atoms with E-state index in [2.05, 4.69) is 29.6 Å². The van der Waals surface area contributed by atoms with Crippen molar-refractivity contribution >= 4 is 11.4 Å². The Morgan fingerprint density at radius 2 is 1.82 bits per heavy atom. The maximum atomic E-state index is 5.66. The second-order valence-corrected chi connectivity index (χ2v) is 4.60. The molecule has 0 aliphatic heterocycles. The van der Waals surface area contributed by atoms with Gasteiger partial charge in [-0.3, -0.25) is 0 Å². The third-order valence-corrected chi connectivity index (χ3v) is 3.42. The summed E-state index contributed by atoms with van der Waals surface area (Å²) in [6, 6.07) is 16.6. The molecule has 0 bridgehead atoms. The van der Waals surface area contributed by atoms with Crippen LogP contribution in [0.1, 0.15) is 17.0 Å². The predicted octanol–water partition coefficient (Wildman–Crippen LogP) is 3.02. The van der Waals surface area contributed by atoms with Crippen molar-refractivity contribution in [3.8, 4) is 0 Å². The Bertz CT molecular complexity index is 517. The molecule has 0 amide bonds. The van der Waals surface area contributed by atoms with Crippen LogP contribution in [0, 0.1) is 0 Å². The summed E-state index contributed by atoms with van der Waals surface area (Å²) < 4.78 is 0. The van der Waals surface area contributed by atoms with Crippen LogP contribution in [0.15, 0.2) is 48.5 Å². The lowest BCUT2D eigenvalue weighted by Gasteiger charge is -2.30. The van der Waals surface area contributed by atoms with Gasteiger partial charge < -0.3 is 11.1 Å². The Labute approximate surface area is 101 Å². The molecule has 0 saturated heterocycles. The van der Waals surface area contributed by atoms with Gasteiger partial charge in [-0.25, -0.2) is 0 Å². The van der Waals surface area contributed by atoms with E-state index in [-0.39, 0.29) is 0 Å². The highest BCUT2D eigenvalue weighted by Crippen LogP contribution is 2.34. The number of anilines is 2. The second kappa shape index (κ2) is 4.13. The van der Waals surface area contributed by atoms with Gasteiger partial charge in [-0.1, -0.05) is 24.3 Å². The number of hydrogen-bond donors (Lipinski definition) is 2. The summed E-state index contributed by atoms with van der Waals surface area (Å²) in [5, 5.41) is 3.46. The molecule has 0 radical (unpaired) electrons. The van der Waals surface area contributed by atoms with Crippen molar-refractivity contribution in [3.63, 3.8) is 0 Å². The Hall–Kier alpha value is -1.96. The van der Waals surface area contributed by atoms with Crippen LogP contribution in [0.5, 0.6) is 0 Å².